The van der Waals surface area contributed by atoms with Gasteiger partial charge >= 0.3 is 5.97 Å². The molecule has 0 aliphatic rings. The number of methoxy groups -OCH3 is 2. The summed E-state index contributed by atoms with van der Waals surface area (Å²) >= 11 is 0. The van der Waals surface area contributed by atoms with Crippen molar-refractivity contribution < 1.29 is 33.6 Å². The average Bonchev–Trinajstić information content (AvgIpc) is 3.22. The van der Waals surface area contributed by atoms with Crippen LogP contribution in [0.1, 0.15) is 42.4 Å². The average molecular weight is 548 g/mol. The first-order valence-corrected chi connectivity index (χ1v) is 13.2. The number of fused-ring (bicyclic) bond motifs is 1. The minimum atomic E-state index is -1.08. The highest BCUT2D eigenvalue weighted by atomic mass is 16.5. The fourth-order valence-corrected chi connectivity index (χ4v) is 4.45. The predicted molar refractivity (Wildman–Crippen MR) is 154 cm³/mol. The van der Waals surface area contributed by atoms with Crippen molar-refractivity contribution in [3.63, 3.8) is 0 Å². The van der Waals surface area contributed by atoms with Gasteiger partial charge in [0.05, 0.1) is 18.7 Å². The Morgan fingerprint density at radius 3 is 1.95 bits per heavy atom. The summed E-state index contributed by atoms with van der Waals surface area (Å²) in [5.74, 6) is 0.995. The topological polar surface area (TPSA) is 88.4 Å². The maximum atomic E-state index is 12.7. The smallest absolute Gasteiger partial charge is 0.356 e. The molecule has 0 atom stereocenters. The molecule has 0 aliphatic carbocycles. The molecule has 0 radical (unpaired) electrons. The molecule has 1 aromatic heterocycles. The van der Waals surface area contributed by atoms with Gasteiger partial charge < -0.3 is 33.4 Å². The number of benzene rings is 3. The van der Waals surface area contributed by atoms with Crippen molar-refractivity contribution in [2.24, 2.45) is 0 Å². The molecule has 4 aromatic rings. The van der Waals surface area contributed by atoms with Crippen LogP contribution in [0.2, 0.25) is 0 Å². The molecule has 0 spiro atoms. The van der Waals surface area contributed by atoms with Gasteiger partial charge in [-0.3, -0.25) is 0 Å². The number of aromatic carboxylic acids is 1. The number of carboxylic acid groups (broad SMARTS) is 1. The summed E-state index contributed by atoms with van der Waals surface area (Å²) in [7, 11) is 3.23. The molecular weight excluding hydrogens is 510 g/mol. The number of ether oxygens (including phenoxy) is 5. The number of rotatable bonds is 13. The summed E-state index contributed by atoms with van der Waals surface area (Å²) in [5, 5.41) is 11.1. The van der Waals surface area contributed by atoms with Gasteiger partial charge in [-0.1, -0.05) is 45.0 Å². The molecule has 8 heteroatoms. The van der Waals surface area contributed by atoms with Crippen molar-refractivity contribution in [3.05, 3.63) is 83.6 Å². The van der Waals surface area contributed by atoms with Gasteiger partial charge in [0.25, 0.3) is 0 Å². The fraction of sp³-hybridized carbons (Fsp3) is 0.344. The van der Waals surface area contributed by atoms with Crippen LogP contribution in [0, 0.1) is 0 Å². The number of hydrogen-bond donors (Lipinski definition) is 1. The second kappa shape index (κ2) is 12.9. The Balaban J connectivity index is 1.74. The number of para-hydroxylation sites is 1. The molecular formula is C32H37NO7. The highest BCUT2D eigenvalue weighted by Gasteiger charge is 2.25. The molecule has 1 N–H and O–H groups in total. The van der Waals surface area contributed by atoms with E-state index in [1.807, 2.05) is 60.7 Å². The molecule has 4 rings (SSSR count). The number of carboxylic acids is 1. The number of aromatic nitrogens is 1. The zero-order valence-corrected chi connectivity index (χ0v) is 23.7. The molecule has 40 heavy (non-hydrogen) atoms. The predicted octanol–water partition coefficient (Wildman–Crippen LogP) is 6.53. The van der Waals surface area contributed by atoms with Crippen molar-refractivity contribution in [2.45, 2.75) is 32.7 Å². The van der Waals surface area contributed by atoms with Crippen molar-refractivity contribution in [1.29, 1.82) is 0 Å². The Hall–Kier alpha value is -4.01. The van der Waals surface area contributed by atoms with Crippen LogP contribution in [0.5, 0.6) is 23.0 Å². The van der Waals surface area contributed by atoms with Crippen LogP contribution in [0.4, 0.5) is 0 Å². The van der Waals surface area contributed by atoms with E-state index in [9.17, 15) is 9.90 Å². The van der Waals surface area contributed by atoms with Crippen LogP contribution in [0.25, 0.3) is 10.9 Å². The Morgan fingerprint density at radius 1 is 0.800 bits per heavy atom. The Morgan fingerprint density at radius 2 is 1.40 bits per heavy atom. The first kappa shape index (κ1) is 29.0. The number of hydrogen-bond acceptors (Lipinski definition) is 6. The zero-order chi connectivity index (χ0) is 28.7. The summed E-state index contributed by atoms with van der Waals surface area (Å²) < 4.78 is 30.0. The minimum Gasteiger partial charge on any atom is -0.491 e. The molecule has 8 nitrogen and oxygen atoms in total. The lowest BCUT2D eigenvalue weighted by molar-refractivity contribution is 0.0683. The van der Waals surface area contributed by atoms with Crippen LogP contribution < -0.4 is 14.2 Å². The highest BCUT2D eigenvalue weighted by Crippen LogP contribution is 2.38. The van der Waals surface area contributed by atoms with Crippen molar-refractivity contribution in [1.82, 2.24) is 4.57 Å². The van der Waals surface area contributed by atoms with Gasteiger partial charge in [0.15, 0.2) is 11.4 Å². The maximum Gasteiger partial charge on any atom is 0.356 e. The summed E-state index contributed by atoms with van der Waals surface area (Å²) in [6.07, 6.45) is 0. The molecule has 0 amide bonds. The van der Waals surface area contributed by atoms with Crippen LogP contribution in [-0.4, -0.2) is 56.3 Å². The van der Waals surface area contributed by atoms with Gasteiger partial charge in [-0.25, -0.2) is 4.79 Å². The molecule has 0 bridgehead atoms. The van der Waals surface area contributed by atoms with Crippen LogP contribution in [-0.2, 0) is 21.4 Å². The van der Waals surface area contributed by atoms with Crippen LogP contribution in [0.15, 0.2) is 66.7 Å². The summed E-state index contributed by atoms with van der Waals surface area (Å²) in [6.45, 7) is 8.31. The first-order valence-electron chi connectivity index (χ1n) is 13.2. The fourth-order valence-electron chi connectivity index (χ4n) is 4.45. The molecule has 0 saturated carbocycles. The van der Waals surface area contributed by atoms with E-state index in [1.165, 1.54) is 0 Å². The van der Waals surface area contributed by atoms with E-state index in [0.29, 0.717) is 54.8 Å². The lowest BCUT2D eigenvalue weighted by atomic mass is 9.87. The molecule has 0 unspecified atom stereocenters. The summed E-state index contributed by atoms with van der Waals surface area (Å²) in [4.78, 5) is 12.7. The summed E-state index contributed by atoms with van der Waals surface area (Å²) in [5.41, 5.74) is 2.78. The maximum absolute atomic E-state index is 12.7. The normalized spacial score (nSPS) is 11.5. The number of nitrogens with zero attached hydrogens (tertiary/aromatic N) is 1. The third-order valence-corrected chi connectivity index (χ3v) is 6.46. The third kappa shape index (κ3) is 6.94. The molecule has 3 aromatic carbocycles. The Kier molecular flexibility index (Phi) is 9.34. The van der Waals surface area contributed by atoms with E-state index >= 15 is 0 Å². The van der Waals surface area contributed by atoms with Crippen LogP contribution in [0.3, 0.4) is 0 Å². The lowest BCUT2D eigenvalue weighted by Crippen LogP contribution is -2.12. The summed E-state index contributed by atoms with van der Waals surface area (Å²) in [6, 6.07) is 20.9. The zero-order valence-electron chi connectivity index (χ0n) is 23.7. The minimum absolute atomic E-state index is 0.00523. The molecule has 1 heterocycles. The largest absolute Gasteiger partial charge is 0.491 e. The van der Waals surface area contributed by atoms with Gasteiger partial charge in [0.1, 0.15) is 30.5 Å². The van der Waals surface area contributed by atoms with Crippen LogP contribution >= 0.6 is 0 Å². The molecule has 212 valence electrons. The van der Waals surface area contributed by atoms with E-state index in [4.69, 9.17) is 23.7 Å². The van der Waals surface area contributed by atoms with Gasteiger partial charge in [-0.05, 0) is 52.9 Å². The SMILES string of the molecule is COCCOc1cc(Cn2c(C(=O)O)c(Oc3ccc(C(C)(C)C)cc3)c3ccccc32)cc(OCCOC)c1. The van der Waals surface area contributed by atoms with E-state index in [2.05, 4.69) is 20.8 Å². The second-order valence-corrected chi connectivity index (χ2v) is 10.5. The lowest BCUT2D eigenvalue weighted by Gasteiger charge is -2.19. The van der Waals surface area contributed by atoms with Crippen molar-refractivity contribution >= 4 is 16.9 Å². The monoisotopic (exact) mass is 547 g/mol. The third-order valence-electron chi connectivity index (χ3n) is 6.46. The Bertz CT molecular complexity index is 1410. The van der Waals surface area contributed by atoms with E-state index < -0.39 is 5.97 Å². The van der Waals surface area contributed by atoms with E-state index in [-0.39, 0.29) is 17.7 Å². The van der Waals surface area contributed by atoms with E-state index in [0.717, 1.165) is 16.6 Å². The van der Waals surface area contributed by atoms with Gasteiger partial charge in [0, 0.05) is 32.2 Å². The van der Waals surface area contributed by atoms with Gasteiger partial charge in [-0.15, -0.1) is 0 Å². The highest BCUT2D eigenvalue weighted by molar-refractivity contribution is 6.01. The van der Waals surface area contributed by atoms with Gasteiger partial charge in [0.2, 0.25) is 0 Å². The van der Waals surface area contributed by atoms with Crippen molar-refractivity contribution in [3.8, 4) is 23.0 Å². The molecule has 0 aliphatic heterocycles. The van der Waals surface area contributed by atoms with Gasteiger partial charge in [-0.2, -0.15) is 0 Å². The first-order chi connectivity index (χ1) is 19.2. The molecule has 0 fully saturated rings. The standard InChI is InChI=1S/C32H37NO7/c1-32(2,3)23-10-12-24(13-11-23)40-30-27-8-6-7-9-28(27)33(29(30)31(34)35)21-22-18-25(38-16-14-36-4)20-26(19-22)39-17-15-37-5/h6-13,18-20H,14-17,21H2,1-5H3,(H,34,35). The quantitative estimate of drug-likeness (QED) is 0.190. The van der Waals surface area contributed by atoms with E-state index in [1.54, 1.807) is 24.9 Å². The Labute approximate surface area is 235 Å². The van der Waals surface area contributed by atoms with Crippen molar-refractivity contribution in [2.75, 3.05) is 40.6 Å². The second-order valence-electron chi connectivity index (χ2n) is 10.5. The molecule has 0 saturated heterocycles. The number of carbonyl (C=O) groups is 1.